The van der Waals surface area contributed by atoms with Crippen molar-refractivity contribution in [2.75, 3.05) is 6.67 Å². The van der Waals surface area contributed by atoms with Gasteiger partial charge in [-0.1, -0.05) is 30.3 Å². The molecule has 4 N–H and O–H groups in total. The highest BCUT2D eigenvalue weighted by molar-refractivity contribution is 5.14. The van der Waals surface area contributed by atoms with E-state index >= 15 is 0 Å². The second kappa shape index (κ2) is 4.08. The van der Waals surface area contributed by atoms with E-state index < -0.39 is 0 Å². The van der Waals surface area contributed by atoms with Crippen LogP contribution in [-0.2, 0) is 6.54 Å². The molecule has 60 valence electrons. The van der Waals surface area contributed by atoms with E-state index in [0.717, 1.165) is 0 Å². The van der Waals surface area contributed by atoms with Gasteiger partial charge >= 0.3 is 0 Å². The first-order valence-corrected chi connectivity index (χ1v) is 3.56. The molecule has 0 spiro atoms. The van der Waals surface area contributed by atoms with Crippen LogP contribution in [-0.4, -0.2) is 11.7 Å². The van der Waals surface area contributed by atoms with E-state index in [-0.39, 0.29) is 0 Å². The van der Waals surface area contributed by atoms with Gasteiger partial charge in [0.15, 0.2) is 0 Å². The Labute approximate surface area is 66.6 Å². The second-order valence-electron chi connectivity index (χ2n) is 2.42. The van der Waals surface area contributed by atoms with Gasteiger partial charge < -0.3 is 5.73 Å². The zero-order valence-electron chi connectivity index (χ0n) is 6.40. The molecular weight excluding hydrogens is 138 g/mol. The molecule has 0 amide bonds. The average molecular weight is 151 g/mol. The van der Waals surface area contributed by atoms with E-state index in [1.807, 2.05) is 30.3 Å². The van der Waals surface area contributed by atoms with Gasteiger partial charge in [0, 0.05) is 6.54 Å². The van der Waals surface area contributed by atoms with Gasteiger partial charge in [0.05, 0.1) is 6.67 Å². The Morgan fingerprint density at radius 2 is 1.82 bits per heavy atom. The summed E-state index contributed by atoms with van der Waals surface area (Å²) in [4.78, 5) is 0. The van der Waals surface area contributed by atoms with Gasteiger partial charge in [0.1, 0.15) is 0 Å². The van der Waals surface area contributed by atoms with Gasteiger partial charge in [-0.05, 0) is 5.56 Å². The second-order valence-corrected chi connectivity index (χ2v) is 2.42. The lowest BCUT2D eigenvalue weighted by Gasteiger charge is -2.12. The van der Waals surface area contributed by atoms with Crippen molar-refractivity contribution in [3.63, 3.8) is 0 Å². The fourth-order valence-corrected chi connectivity index (χ4v) is 0.882. The van der Waals surface area contributed by atoms with E-state index in [2.05, 4.69) is 0 Å². The molecule has 0 radical (unpaired) electrons. The summed E-state index contributed by atoms with van der Waals surface area (Å²) < 4.78 is 0. The molecule has 1 aromatic carbocycles. The Balaban J connectivity index is 2.51. The normalized spacial score (nSPS) is 10.5. The summed E-state index contributed by atoms with van der Waals surface area (Å²) >= 11 is 0. The van der Waals surface area contributed by atoms with E-state index in [1.54, 1.807) is 5.01 Å². The largest absolute Gasteiger partial charge is 0.317 e. The maximum Gasteiger partial charge on any atom is 0.0597 e. The smallest absolute Gasteiger partial charge is 0.0597 e. The molecule has 0 heterocycles. The molecule has 0 aliphatic rings. The minimum Gasteiger partial charge on any atom is -0.317 e. The van der Waals surface area contributed by atoms with E-state index in [1.165, 1.54) is 5.56 Å². The van der Waals surface area contributed by atoms with Crippen molar-refractivity contribution in [2.24, 2.45) is 11.6 Å². The van der Waals surface area contributed by atoms with Crippen molar-refractivity contribution in [1.82, 2.24) is 5.01 Å². The number of nitrogens with zero attached hydrogens (tertiary/aromatic N) is 1. The number of rotatable bonds is 3. The van der Waals surface area contributed by atoms with Gasteiger partial charge in [-0.15, -0.1) is 0 Å². The number of hydrogen-bond donors (Lipinski definition) is 2. The summed E-state index contributed by atoms with van der Waals surface area (Å²) in [6, 6.07) is 10.00. The van der Waals surface area contributed by atoms with Crippen LogP contribution < -0.4 is 11.6 Å². The van der Waals surface area contributed by atoms with Crippen molar-refractivity contribution >= 4 is 0 Å². The molecule has 0 fully saturated rings. The third-order valence-electron chi connectivity index (χ3n) is 1.46. The first-order valence-electron chi connectivity index (χ1n) is 3.56. The summed E-state index contributed by atoms with van der Waals surface area (Å²) in [6.45, 7) is 1.09. The highest BCUT2D eigenvalue weighted by Crippen LogP contribution is 1.99. The van der Waals surface area contributed by atoms with Crippen LogP contribution in [0.25, 0.3) is 0 Å². The van der Waals surface area contributed by atoms with Crippen LogP contribution >= 0.6 is 0 Å². The topological polar surface area (TPSA) is 55.3 Å². The zero-order valence-corrected chi connectivity index (χ0v) is 6.40. The standard InChI is InChI=1S/C8H13N3/c9-7-11(10)6-8-4-2-1-3-5-8/h1-5H,6-7,9-10H2. The Hall–Kier alpha value is -0.900. The van der Waals surface area contributed by atoms with Crippen LogP contribution in [0.4, 0.5) is 0 Å². The van der Waals surface area contributed by atoms with Crippen molar-refractivity contribution < 1.29 is 0 Å². The molecule has 0 saturated heterocycles. The molecule has 0 atom stereocenters. The van der Waals surface area contributed by atoms with Crippen LogP contribution in [0, 0.1) is 0 Å². The number of nitrogens with two attached hydrogens (primary N) is 2. The summed E-state index contributed by atoms with van der Waals surface area (Å²) in [7, 11) is 0. The molecular formula is C8H13N3. The van der Waals surface area contributed by atoms with Crippen LogP contribution in [0.3, 0.4) is 0 Å². The molecule has 0 aromatic heterocycles. The van der Waals surface area contributed by atoms with Crippen molar-refractivity contribution in [2.45, 2.75) is 6.54 Å². The van der Waals surface area contributed by atoms with E-state index in [4.69, 9.17) is 11.6 Å². The lowest BCUT2D eigenvalue weighted by Crippen LogP contribution is -2.35. The van der Waals surface area contributed by atoms with Crippen molar-refractivity contribution in [3.8, 4) is 0 Å². The Morgan fingerprint density at radius 1 is 1.18 bits per heavy atom. The van der Waals surface area contributed by atoms with E-state index in [9.17, 15) is 0 Å². The summed E-state index contributed by atoms with van der Waals surface area (Å²) in [6.07, 6.45) is 0. The molecule has 3 nitrogen and oxygen atoms in total. The van der Waals surface area contributed by atoms with Gasteiger partial charge in [0.25, 0.3) is 0 Å². The van der Waals surface area contributed by atoms with Crippen LogP contribution in [0.5, 0.6) is 0 Å². The fourth-order valence-electron chi connectivity index (χ4n) is 0.882. The molecule has 11 heavy (non-hydrogen) atoms. The maximum atomic E-state index is 5.51. The van der Waals surface area contributed by atoms with Gasteiger partial charge in [-0.2, -0.15) is 0 Å². The van der Waals surface area contributed by atoms with E-state index in [0.29, 0.717) is 13.2 Å². The monoisotopic (exact) mass is 151 g/mol. The molecule has 0 aliphatic carbocycles. The molecule has 0 unspecified atom stereocenters. The molecule has 0 saturated carbocycles. The molecule has 1 aromatic rings. The SMILES string of the molecule is NCN(N)Cc1ccccc1. The predicted octanol–water partition coefficient (Wildman–Crippen LogP) is 0.278. The number of hydrogen-bond acceptors (Lipinski definition) is 3. The fraction of sp³-hybridized carbons (Fsp3) is 0.250. The molecule has 0 aliphatic heterocycles. The van der Waals surface area contributed by atoms with Gasteiger partial charge in [-0.25, -0.2) is 5.01 Å². The third kappa shape index (κ3) is 2.67. The van der Waals surface area contributed by atoms with Crippen LogP contribution in [0.1, 0.15) is 5.56 Å². The lowest BCUT2D eigenvalue weighted by atomic mass is 10.2. The molecule has 3 heteroatoms. The first kappa shape index (κ1) is 8.20. The Bertz CT molecular complexity index is 198. The van der Waals surface area contributed by atoms with Gasteiger partial charge in [0.2, 0.25) is 0 Å². The number of benzene rings is 1. The average Bonchev–Trinajstić information content (AvgIpc) is 2.06. The summed E-state index contributed by atoms with van der Waals surface area (Å²) in [5, 5.41) is 1.56. The lowest BCUT2D eigenvalue weighted by molar-refractivity contribution is 0.283. The minimum absolute atomic E-state index is 0.384. The summed E-state index contributed by atoms with van der Waals surface area (Å²) in [5.74, 6) is 5.51. The Kier molecular flexibility index (Phi) is 3.04. The van der Waals surface area contributed by atoms with Crippen LogP contribution in [0.2, 0.25) is 0 Å². The highest BCUT2D eigenvalue weighted by atomic mass is 15.4. The predicted molar refractivity (Wildman–Crippen MR) is 45.2 cm³/mol. The van der Waals surface area contributed by atoms with Crippen molar-refractivity contribution in [3.05, 3.63) is 35.9 Å². The first-order chi connectivity index (χ1) is 5.33. The third-order valence-corrected chi connectivity index (χ3v) is 1.46. The summed E-state index contributed by atoms with van der Waals surface area (Å²) in [5.41, 5.74) is 6.50. The zero-order chi connectivity index (χ0) is 8.10. The number of hydrazine groups is 1. The minimum atomic E-state index is 0.384. The van der Waals surface area contributed by atoms with Gasteiger partial charge in [-0.3, -0.25) is 5.84 Å². The van der Waals surface area contributed by atoms with Crippen LogP contribution in [0.15, 0.2) is 30.3 Å². The molecule has 1 rings (SSSR count). The Morgan fingerprint density at radius 3 is 2.36 bits per heavy atom. The van der Waals surface area contributed by atoms with Crippen molar-refractivity contribution in [1.29, 1.82) is 0 Å². The molecule has 0 bridgehead atoms. The highest BCUT2D eigenvalue weighted by Gasteiger charge is 1.95. The maximum absolute atomic E-state index is 5.51. The quantitative estimate of drug-likeness (QED) is 0.370.